The van der Waals surface area contributed by atoms with Crippen LogP contribution >= 0.6 is 0 Å². The molecule has 35 heavy (non-hydrogen) atoms. The van der Waals surface area contributed by atoms with E-state index in [-0.39, 0.29) is 16.9 Å². The molecule has 0 saturated heterocycles. The number of aromatic nitrogens is 2. The SMILES string of the molecule is Cc1cccc(C)c1-c1cc2nc(n1)NS(=O)(=O)c1cccc(c1)C(CC(C)C)CCCC(C)O2. The molecule has 2 aromatic carbocycles. The standard InChI is InChI=1S/C28H35N3O3S/c1-18(2)15-22-12-7-11-21(5)34-26-17-25(27-19(3)9-6-10-20(27)4)29-28(30-26)31-35(32,33)24-14-8-13-23(22)16-24/h6,8-10,13-14,16-18,21-22H,7,11-12,15H2,1-5H3,(H,29,30,31). The lowest BCUT2D eigenvalue weighted by molar-refractivity contribution is 0.197. The van der Waals surface area contributed by atoms with Gasteiger partial charge < -0.3 is 4.74 Å². The van der Waals surface area contributed by atoms with Gasteiger partial charge in [0.15, 0.2) is 0 Å². The fraction of sp³-hybridized carbons (Fsp3) is 0.429. The smallest absolute Gasteiger partial charge is 0.264 e. The van der Waals surface area contributed by atoms with Crippen LogP contribution in [0.5, 0.6) is 5.88 Å². The Labute approximate surface area is 209 Å². The molecule has 2 atom stereocenters. The second-order valence-corrected chi connectivity index (χ2v) is 11.7. The van der Waals surface area contributed by atoms with Crippen molar-refractivity contribution in [3.8, 4) is 17.1 Å². The third kappa shape index (κ3) is 6.01. The summed E-state index contributed by atoms with van der Waals surface area (Å²) in [7, 11) is -3.88. The summed E-state index contributed by atoms with van der Waals surface area (Å²) in [4.78, 5) is 9.24. The average Bonchev–Trinajstić information content (AvgIpc) is 2.77. The van der Waals surface area contributed by atoms with E-state index in [1.807, 2.05) is 51.1 Å². The van der Waals surface area contributed by atoms with Crippen LogP contribution in [0.3, 0.4) is 0 Å². The van der Waals surface area contributed by atoms with Gasteiger partial charge in [-0.2, -0.15) is 4.98 Å². The topological polar surface area (TPSA) is 81.2 Å². The van der Waals surface area contributed by atoms with E-state index in [2.05, 4.69) is 28.5 Å². The highest BCUT2D eigenvalue weighted by molar-refractivity contribution is 7.92. The average molecular weight is 494 g/mol. The molecule has 4 bridgehead atoms. The highest BCUT2D eigenvalue weighted by Gasteiger charge is 2.22. The molecule has 0 fully saturated rings. The van der Waals surface area contributed by atoms with Crippen molar-refractivity contribution in [1.29, 1.82) is 0 Å². The van der Waals surface area contributed by atoms with Gasteiger partial charge in [-0.25, -0.2) is 18.1 Å². The number of hydrogen-bond acceptors (Lipinski definition) is 5. The lowest BCUT2D eigenvalue weighted by Gasteiger charge is -2.22. The minimum Gasteiger partial charge on any atom is -0.475 e. The zero-order chi connectivity index (χ0) is 25.2. The van der Waals surface area contributed by atoms with Crippen LogP contribution in [0.25, 0.3) is 11.3 Å². The van der Waals surface area contributed by atoms with E-state index in [0.29, 0.717) is 23.4 Å². The zero-order valence-corrected chi connectivity index (χ0v) is 22.0. The Morgan fingerprint density at radius 2 is 1.74 bits per heavy atom. The number of anilines is 1. The molecule has 0 saturated carbocycles. The summed E-state index contributed by atoms with van der Waals surface area (Å²) in [6.45, 7) is 10.5. The third-order valence-corrected chi connectivity index (χ3v) is 7.87. The summed E-state index contributed by atoms with van der Waals surface area (Å²) in [6.07, 6.45) is 3.79. The number of hydrogen-bond donors (Lipinski definition) is 1. The summed E-state index contributed by atoms with van der Waals surface area (Å²) < 4.78 is 35.6. The van der Waals surface area contributed by atoms with Gasteiger partial charge in [0.05, 0.1) is 16.7 Å². The summed E-state index contributed by atoms with van der Waals surface area (Å²) >= 11 is 0. The van der Waals surface area contributed by atoms with Gasteiger partial charge in [-0.3, -0.25) is 0 Å². The highest BCUT2D eigenvalue weighted by atomic mass is 32.2. The van der Waals surface area contributed by atoms with Crippen LogP contribution in [-0.4, -0.2) is 24.5 Å². The lowest BCUT2D eigenvalue weighted by Crippen LogP contribution is -2.18. The predicted octanol–water partition coefficient (Wildman–Crippen LogP) is 6.64. The molecule has 2 unspecified atom stereocenters. The van der Waals surface area contributed by atoms with Crippen LogP contribution in [0.15, 0.2) is 53.4 Å². The van der Waals surface area contributed by atoms with E-state index in [1.54, 1.807) is 18.2 Å². The summed E-state index contributed by atoms with van der Waals surface area (Å²) in [5.74, 6) is 1.19. The molecule has 7 heteroatoms. The lowest BCUT2D eigenvalue weighted by atomic mass is 9.86. The second-order valence-electron chi connectivity index (χ2n) is 10.0. The molecule has 0 amide bonds. The molecule has 3 aromatic rings. The first-order valence-corrected chi connectivity index (χ1v) is 13.9. The highest BCUT2D eigenvalue weighted by Crippen LogP contribution is 2.33. The number of aryl methyl sites for hydroxylation is 2. The Hall–Kier alpha value is -2.93. The summed E-state index contributed by atoms with van der Waals surface area (Å²) in [5.41, 5.74) is 4.74. The number of benzene rings is 2. The first-order valence-electron chi connectivity index (χ1n) is 12.4. The third-order valence-electron chi connectivity index (χ3n) is 6.55. The fourth-order valence-electron chi connectivity index (χ4n) is 4.90. The Kier molecular flexibility index (Phi) is 7.45. The van der Waals surface area contributed by atoms with Crippen molar-refractivity contribution in [2.75, 3.05) is 4.72 Å². The van der Waals surface area contributed by atoms with Crippen molar-refractivity contribution < 1.29 is 13.2 Å². The molecule has 1 aliphatic heterocycles. The Morgan fingerprint density at radius 3 is 2.46 bits per heavy atom. The van der Waals surface area contributed by atoms with Gasteiger partial charge in [-0.1, -0.05) is 44.2 Å². The van der Waals surface area contributed by atoms with Crippen molar-refractivity contribution in [2.24, 2.45) is 5.92 Å². The molecule has 0 aliphatic carbocycles. The number of nitrogens with zero attached hydrogens (tertiary/aromatic N) is 2. The minimum atomic E-state index is -3.88. The molecule has 1 aromatic heterocycles. The molecule has 1 aliphatic rings. The number of ether oxygens (including phenoxy) is 1. The molecule has 1 N–H and O–H groups in total. The van der Waals surface area contributed by atoms with E-state index in [9.17, 15) is 8.42 Å². The van der Waals surface area contributed by atoms with Crippen molar-refractivity contribution in [3.63, 3.8) is 0 Å². The van der Waals surface area contributed by atoms with E-state index in [1.165, 1.54) is 0 Å². The quantitative estimate of drug-likeness (QED) is 0.442. The number of sulfonamides is 1. The van der Waals surface area contributed by atoms with Gasteiger partial charge in [0.25, 0.3) is 10.0 Å². The molecular formula is C28H35N3O3S. The van der Waals surface area contributed by atoms with Gasteiger partial charge in [-0.05, 0) is 87.1 Å². The van der Waals surface area contributed by atoms with Gasteiger partial charge in [-0.15, -0.1) is 0 Å². The summed E-state index contributed by atoms with van der Waals surface area (Å²) in [6, 6.07) is 15.1. The van der Waals surface area contributed by atoms with E-state index in [0.717, 1.165) is 47.9 Å². The van der Waals surface area contributed by atoms with Crippen LogP contribution in [0.4, 0.5) is 5.95 Å². The van der Waals surface area contributed by atoms with E-state index < -0.39 is 10.0 Å². The molecular weight excluding hydrogens is 458 g/mol. The van der Waals surface area contributed by atoms with Gasteiger partial charge in [0, 0.05) is 11.6 Å². The Morgan fingerprint density at radius 1 is 1.03 bits per heavy atom. The van der Waals surface area contributed by atoms with Crippen LogP contribution in [0.1, 0.15) is 69.1 Å². The zero-order valence-electron chi connectivity index (χ0n) is 21.2. The van der Waals surface area contributed by atoms with Gasteiger partial charge in [0.2, 0.25) is 11.8 Å². The van der Waals surface area contributed by atoms with Crippen LogP contribution in [-0.2, 0) is 10.0 Å². The fourth-order valence-corrected chi connectivity index (χ4v) is 5.90. The first kappa shape index (κ1) is 25.2. The molecule has 0 radical (unpaired) electrons. The van der Waals surface area contributed by atoms with Crippen molar-refractivity contribution in [3.05, 3.63) is 65.2 Å². The molecule has 6 nitrogen and oxygen atoms in total. The molecule has 2 heterocycles. The maximum Gasteiger partial charge on any atom is 0.264 e. The van der Waals surface area contributed by atoms with Gasteiger partial charge in [0.1, 0.15) is 0 Å². The second kappa shape index (κ2) is 10.4. The van der Waals surface area contributed by atoms with Crippen LogP contribution in [0.2, 0.25) is 0 Å². The number of fused-ring (bicyclic) bond motifs is 4. The number of rotatable bonds is 3. The van der Waals surface area contributed by atoms with Crippen molar-refractivity contribution in [1.82, 2.24) is 9.97 Å². The molecule has 0 spiro atoms. The Bertz CT molecular complexity index is 1280. The number of nitrogens with one attached hydrogen (secondary N) is 1. The van der Waals surface area contributed by atoms with E-state index >= 15 is 0 Å². The largest absolute Gasteiger partial charge is 0.475 e. The maximum absolute atomic E-state index is 13.4. The monoisotopic (exact) mass is 493 g/mol. The normalized spacial score (nSPS) is 19.9. The maximum atomic E-state index is 13.4. The first-order chi connectivity index (χ1) is 16.6. The van der Waals surface area contributed by atoms with Crippen molar-refractivity contribution in [2.45, 2.75) is 77.2 Å². The van der Waals surface area contributed by atoms with Crippen LogP contribution < -0.4 is 9.46 Å². The molecule has 4 rings (SSSR count). The van der Waals surface area contributed by atoms with E-state index in [4.69, 9.17) is 4.74 Å². The molecule has 186 valence electrons. The minimum absolute atomic E-state index is 0.00791. The van der Waals surface area contributed by atoms with Gasteiger partial charge >= 0.3 is 0 Å². The Balaban J connectivity index is 1.81. The summed E-state index contributed by atoms with van der Waals surface area (Å²) in [5, 5.41) is 0. The van der Waals surface area contributed by atoms with Crippen molar-refractivity contribution >= 4 is 16.0 Å². The van der Waals surface area contributed by atoms with Crippen LogP contribution in [0, 0.1) is 19.8 Å². The predicted molar refractivity (Wildman–Crippen MR) is 140 cm³/mol.